The highest BCUT2D eigenvalue weighted by Gasteiger charge is 2.12. The van der Waals surface area contributed by atoms with Gasteiger partial charge in [0.2, 0.25) is 0 Å². The van der Waals surface area contributed by atoms with Crippen LogP contribution in [0.3, 0.4) is 0 Å². The Labute approximate surface area is 103 Å². The fourth-order valence-corrected chi connectivity index (χ4v) is 1.50. The molecule has 18 heavy (non-hydrogen) atoms. The lowest BCUT2D eigenvalue weighted by molar-refractivity contribution is 0.188. The van der Waals surface area contributed by atoms with Gasteiger partial charge in [-0.05, 0) is 32.0 Å². The predicted molar refractivity (Wildman–Crippen MR) is 60.4 cm³/mol. The van der Waals surface area contributed by atoms with Gasteiger partial charge in [-0.1, -0.05) is 10.3 Å². The summed E-state index contributed by atoms with van der Waals surface area (Å²) in [6, 6.07) is 3.99. The number of nitrogens with zero attached hydrogens (tertiary/aromatic N) is 2. The summed E-state index contributed by atoms with van der Waals surface area (Å²) in [5.74, 6) is -0.00802. The van der Waals surface area contributed by atoms with Crippen LogP contribution in [0.1, 0.15) is 30.0 Å². The van der Waals surface area contributed by atoms with E-state index in [1.807, 2.05) is 0 Å². The molecule has 0 amide bonds. The Bertz CT molecular complexity index is 540. The SMILES string of the molecule is Cc1nonc1COc1ccc(F)cc1[C@@H](C)O. The third-order valence-corrected chi connectivity index (χ3v) is 2.53. The third-order valence-electron chi connectivity index (χ3n) is 2.53. The first-order valence-electron chi connectivity index (χ1n) is 5.46. The van der Waals surface area contributed by atoms with Crippen LogP contribution in [0.5, 0.6) is 5.75 Å². The number of hydrogen-bond donors (Lipinski definition) is 1. The van der Waals surface area contributed by atoms with Gasteiger partial charge in [-0.2, -0.15) is 0 Å². The van der Waals surface area contributed by atoms with Crippen LogP contribution < -0.4 is 4.74 Å². The molecule has 6 heteroatoms. The molecule has 5 nitrogen and oxygen atoms in total. The van der Waals surface area contributed by atoms with Gasteiger partial charge >= 0.3 is 0 Å². The van der Waals surface area contributed by atoms with E-state index in [-0.39, 0.29) is 6.61 Å². The van der Waals surface area contributed by atoms with E-state index in [1.54, 1.807) is 13.8 Å². The van der Waals surface area contributed by atoms with Crippen LogP contribution in [0.25, 0.3) is 0 Å². The Hall–Kier alpha value is -1.95. The molecule has 1 N–H and O–H groups in total. The average Bonchev–Trinajstić information content (AvgIpc) is 2.73. The van der Waals surface area contributed by atoms with Gasteiger partial charge in [0.1, 0.15) is 29.6 Å². The van der Waals surface area contributed by atoms with Gasteiger partial charge in [0.15, 0.2) is 0 Å². The summed E-state index contributed by atoms with van der Waals surface area (Å²) >= 11 is 0. The van der Waals surface area contributed by atoms with Crippen molar-refractivity contribution >= 4 is 0 Å². The Morgan fingerprint density at radius 3 is 2.83 bits per heavy atom. The maximum absolute atomic E-state index is 13.1. The highest BCUT2D eigenvalue weighted by Crippen LogP contribution is 2.26. The van der Waals surface area contributed by atoms with Gasteiger partial charge in [-0.15, -0.1) is 0 Å². The van der Waals surface area contributed by atoms with Gasteiger partial charge < -0.3 is 9.84 Å². The van der Waals surface area contributed by atoms with Crippen molar-refractivity contribution in [3.63, 3.8) is 0 Å². The topological polar surface area (TPSA) is 68.4 Å². The summed E-state index contributed by atoms with van der Waals surface area (Å²) in [6.45, 7) is 3.45. The van der Waals surface area contributed by atoms with Crippen LogP contribution >= 0.6 is 0 Å². The van der Waals surface area contributed by atoms with E-state index in [4.69, 9.17) is 4.74 Å². The zero-order valence-electron chi connectivity index (χ0n) is 10.1. The number of rotatable bonds is 4. The zero-order chi connectivity index (χ0) is 13.1. The van der Waals surface area contributed by atoms with E-state index in [0.29, 0.717) is 22.7 Å². The molecule has 1 heterocycles. The molecule has 0 radical (unpaired) electrons. The first-order chi connectivity index (χ1) is 8.58. The van der Waals surface area contributed by atoms with Crippen molar-refractivity contribution in [2.24, 2.45) is 0 Å². The number of aliphatic hydroxyl groups excluding tert-OH is 1. The summed E-state index contributed by atoms with van der Waals surface area (Å²) in [5, 5.41) is 16.8. The molecule has 0 saturated carbocycles. The van der Waals surface area contributed by atoms with E-state index >= 15 is 0 Å². The highest BCUT2D eigenvalue weighted by atomic mass is 19.1. The van der Waals surface area contributed by atoms with Crippen molar-refractivity contribution in [3.8, 4) is 5.75 Å². The van der Waals surface area contributed by atoms with Crippen LogP contribution in [0.4, 0.5) is 4.39 Å². The molecular formula is C12H13FN2O3. The number of halogens is 1. The number of hydrogen-bond acceptors (Lipinski definition) is 5. The first-order valence-corrected chi connectivity index (χ1v) is 5.46. The quantitative estimate of drug-likeness (QED) is 0.902. The predicted octanol–water partition coefficient (Wildman–Crippen LogP) is 2.15. The molecule has 0 bridgehead atoms. The van der Waals surface area contributed by atoms with Crippen molar-refractivity contribution in [1.82, 2.24) is 10.3 Å². The molecule has 1 aromatic heterocycles. The van der Waals surface area contributed by atoms with Crippen molar-refractivity contribution < 1.29 is 18.9 Å². The van der Waals surface area contributed by atoms with Gasteiger partial charge in [0.05, 0.1) is 6.10 Å². The zero-order valence-corrected chi connectivity index (χ0v) is 10.1. The largest absolute Gasteiger partial charge is 0.487 e. The second-order valence-corrected chi connectivity index (χ2v) is 3.94. The minimum absolute atomic E-state index is 0.153. The molecule has 1 aromatic carbocycles. The first kappa shape index (κ1) is 12.5. The lowest BCUT2D eigenvalue weighted by Gasteiger charge is -2.12. The molecule has 0 spiro atoms. The van der Waals surface area contributed by atoms with Crippen LogP contribution in [0.15, 0.2) is 22.8 Å². The summed E-state index contributed by atoms with van der Waals surface area (Å²) in [5.41, 5.74) is 1.59. The Balaban J connectivity index is 2.16. The standard InChI is InChI=1S/C12H13FN2O3/c1-7-11(15-18-14-7)6-17-12-4-3-9(13)5-10(12)8(2)16/h3-5,8,16H,6H2,1-2H3/t8-/m1/s1. The van der Waals surface area contributed by atoms with Gasteiger partial charge in [-0.3, -0.25) is 0 Å². The second-order valence-electron chi connectivity index (χ2n) is 3.94. The monoisotopic (exact) mass is 252 g/mol. The fraction of sp³-hybridized carbons (Fsp3) is 0.333. The van der Waals surface area contributed by atoms with Crippen molar-refractivity contribution in [2.75, 3.05) is 0 Å². The van der Waals surface area contributed by atoms with E-state index in [0.717, 1.165) is 0 Å². The molecule has 0 aliphatic carbocycles. The van der Waals surface area contributed by atoms with Crippen LogP contribution in [0.2, 0.25) is 0 Å². The second kappa shape index (κ2) is 5.14. The maximum atomic E-state index is 13.1. The summed E-state index contributed by atoms with van der Waals surface area (Å²) < 4.78 is 23.1. The molecule has 1 atom stereocenters. The number of benzene rings is 1. The maximum Gasteiger partial charge on any atom is 0.145 e. The number of aryl methyl sites for hydroxylation is 1. The Kier molecular flexibility index (Phi) is 3.57. The summed E-state index contributed by atoms with van der Waals surface area (Å²) in [6.07, 6.45) is -0.813. The minimum Gasteiger partial charge on any atom is -0.487 e. The van der Waals surface area contributed by atoms with Crippen molar-refractivity contribution in [2.45, 2.75) is 26.6 Å². The number of aromatic nitrogens is 2. The number of ether oxygens (including phenoxy) is 1. The molecule has 0 fully saturated rings. The molecule has 2 aromatic rings. The Morgan fingerprint density at radius 1 is 1.44 bits per heavy atom. The Morgan fingerprint density at radius 2 is 2.22 bits per heavy atom. The van der Waals surface area contributed by atoms with Crippen molar-refractivity contribution in [3.05, 3.63) is 41.0 Å². The van der Waals surface area contributed by atoms with E-state index < -0.39 is 11.9 Å². The van der Waals surface area contributed by atoms with E-state index in [1.165, 1.54) is 18.2 Å². The molecule has 0 aliphatic rings. The van der Waals surface area contributed by atoms with Gasteiger partial charge in [0.25, 0.3) is 0 Å². The van der Waals surface area contributed by atoms with Crippen molar-refractivity contribution in [1.29, 1.82) is 0 Å². The molecule has 96 valence electrons. The molecular weight excluding hydrogens is 239 g/mol. The average molecular weight is 252 g/mol. The van der Waals surface area contributed by atoms with Crippen LogP contribution in [0, 0.1) is 12.7 Å². The summed E-state index contributed by atoms with van der Waals surface area (Å²) in [7, 11) is 0. The normalized spacial score (nSPS) is 12.4. The van der Waals surface area contributed by atoms with E-state index in [2.05, 4.69) is 14.9 Å². The molecule has 0 aliphatic heterocycles. The summed E-state index contributed by atoms with van der Waals surface area (Å²) in [4.78, 5) is 0. The lowest BCUT2D eigenvalue weighted by atomic mass is 10.1. The smallest absolute Gasteiger partial charge is 0.145 e. The minimum atomic E-state index is -0.813. The molecule has 2 rings (SSSR count). The fourth-order valence-electron chi connectivity index (χ4n) is 1.50. The lowest BCUT2D eigenvalue weighted by Crippen LogP contribution is -2.02. The van der Waals surface area contributed by atoms with Crippen LogP contribution in [-0.4, -0.2) is 15.4 Å². The highest BCUT2D eigenvalue weighted by molar-refractivity contribution is 5.35. The van der Waals surface area contributed by atoms with Gasteiger partial charge in [-0.25, -0.2) is 9.02 Å². The molecule has 0 unspecified atom stereocenters. The molecule has 0 saturated heterocycles. The number of aliphatic hydroxyl groups is 1. The third kappa shape index (κ3) is 2.65. The van der Waals surface area contributed by atoms with E-state index in [9.17, 15) is 9.50 Å². The van der Waals surface area contributed by atoms with Gasteiger partial charge in [0, 0.05) is 5.56 Å². The van der Waals surface area contributed by atoms with Crippen LogP contribution in [-0.2, 0) is 6.61 Å².